The van der Waals surface area contributed by atoms with E-state index in [9.17, 15) is 9.59 Å². The Balaban J connectivity index is 0.000000347. The molecule has 3 aliphatic heterocycles. The zero-order chi connectivity index (χ0) is 62.4. The number of rotatable bonds is 4. The fraction of sp³-hybridized carbons (Fsp3) is 0.611. The van der Waals surface area contributed by atoms with Crippen LogP contribution in [0.15, 0.2) is 91.5 Å². The molecule has 4 aromatic heterocycles. The largest absolute Gasteiger partial charge is 0.363 e. The molecule has 0 aliphatic carbocycles. The molecule has 85 heavy (non-hydrogen) atoms. The number of benzene rings is 2. The van der Waals surface area contributed by atoms with Crippen molar-refractivity contribution in [2.24, 2.45) is 17.3 Å². The van der Waals surface area contributed by atoms with E-state index in [-0.39, 0.29) is 47.8 Å². The summed E-state index contributed by atoms with van der Waals surface area (Å²) >= 11 is 0. The zero-order valence-electron chi connectivity index (χ0n) is 56.1. The molecular weight excluding hydrogens is 1050 g/mol. The molecule has 3 saturated heterocycles. The van der Waals surface area contributed by atoms with Gasteiger partial charge in [0, 0.05) is 107 Å². The Kier molecular flexibility index (Phi) is 28.5. The molecule has 2 amide bonds. The van der Waals surface area contributed by atoms with Crippen molar-refractivity contribution in [2.75, 3.05) is 73.4 Å². The Labute approximate surface area is 517 Å². The lowest BCUT2D eigenvalue weighted by molar-refractivity contribution is -0.134. The van der Waals surface area contributed by atoms with E-state index in [0.717, 1.165) is 100 Å². The van der Waals surface area contributed by atoms with E-state index in [1.54, 1.807) is 26.6 Å². The maximum Gasteiger partial charge on any atom is 0.271 e. The van der Waals surface area contributed by atoms with Crippen molar-refractivity contribution in [3.05, 3.63) is 126 Å². The normalized spacial score (nSPS) is 17.1. The van der Waals surface area contributed by atoms with Crippen molar-refractivity contribution in [1.82, 2.24) is 49.5 Å². The fourth-order valence-electron chi connectivity index (χ4n) is 10.3. The number of likely N-dealkylation sites (N-methyl/N-ethyl adjacent to an activating group) is 1. The minimum atomic E-state index is -0.0545. The number of aryl methyl sites for hydroxylation is 1. The van der Waals surface area contributed by atoms with Gasteiger partial charge in [0.2, 0.25) is 5.91 Å². The molecule has 13 heteroatoms. The summed E-state index contributed by atoms with van der Waals surface area (Å²) in [7, 11) is 11.9. The lowest BCUT2D eigenvalue weighted by Crippen LogP contribution is -2.47. The average Bonchev–Trinajstić information content (AvgIpc) is 3.52. The molecule has 13 nitrogen and oxygen atoms in total. The van der Waals surface area contributed by atoms with Gasteiger partial charge in [-0.15, -0.1) is 0 Å². The molecule has 0 spiro atoms. The third-order valence-electron chi connectivity index (χ3n) is 15.6. The van der Waals surface area contributed by atoms with Gasteiger partial charge in [-0.05, 0) is 116 Å². The SMILES string of the molecule is C.C.CC(C)(C)c1ncnc2ccccc12.CC(C)C1CC2CCC(C1)N2C.CN(C)C(=O)c1cc(C(C)(C)C)ccn1.CN(C)c1ccc(C(C)(C)C)cn1.CN1CCN(C(=O)CC(C)(C)C)CC1.Cc1nc(C(C)(C)C)c2ccccc2n1. The van der Waals surface area contributed by atoms with E-state index in [0.29, 0.717) is 18.0 Å². The quantitative estimate of drug-likeness (QED) is 0.167. The van der Waals surface area contributed by atoms with Crippen molar-refractivity contribution in [1.29, 1.82) is 0 Å². The highest BCUT2D eigenvalue weighted by Gasteiger charge is 2.39. The lowest BCUT2D eigenvalue weighted by atomic mass is 9.83. The second-order valence-electron chi connectivity index (χ2n) is 29.3. The van der Waals surface area contributed by atoms with Crippen molar-refractivity contribution >= 4 is 39.4 Å². The number of pyridine rings is 2. The van der Waals surface area contributed by atoms with Crippen molar-refractivity contribution < 1.29 is 9.59 Å². The summed E-state index contributed by atoms with van der Waals surface area (Å²) in [6.07, 6.45) is 11.8. The molecule has 2 atom stereocenters. The minimum Gasteiger partial charge on any atom is -0.363 e. The first-order valence-electron chi connectivity index (χ1n) is 30.3. The van der Waals surface area contributed by atoms with E-state index in [1.807, 2.05) is 85.5 Å². The Bertz CT molecular complexity index is 2940. The highest BCUT2D eigenvalue weighted by Crippen LogP contribution is 2.40. The van der Waals surface area contributed by atoms with Crippen LogP contribution < -0.4 is 4.90 Å². The molecule has 3 aliphatic rings. The second kappa shape index (κ2) is 32.2. The summed E-state index contributed by atoms with van der Waals surface area (Å²) in [5.74, 6) is 4.03. The number of piperazine rings is 1. The number of fused-ring (bicyclic) bond motifs is 4. The van der Waals surface area contributed by atoms with E-state index in [1.165, 1.54) is 36.1 Å². The van der Waals surface area contributed by atoms with Crippen molar-refractivity contribution in [2.45, 2.75) is 205 Å². The molecule has 9 rings (SSSR count). The predicted octanol–water partition coefficient (Wildman–Crippen LogP) is 15.7. The Morgan fingerprint density at radius 2 is 1.12 bits per heavy atom. The number of carbonyl (C=O) groups excluding carboxylic acids is 2. The number of piperidine rings is 1. The first-order valence-corrected chi connectivity index (χ1v) is 30.3. The van der Waals surface area contributed by atoms with E-state index in [2.05, 4.69) is 196 Å². The lowest BCUT2D eigenvalue weighted by Gasteiger charge is -2.38. The van der Waals surface area contributed by atoms with Crippen LogP contribution in [0.3, 0.4) is 0 Å². The second-order valence-corrected chi connectivity index (χ2v) is 29.3. The van der Waals surface area contributed by atoms with Crippen LogP contribution >= 0.6 is 0 Å². The van der Waals surface area contributed by atoms with E-state index < -0.39 is 0 Å². The topological polar surface area (TPSA) is 128 Å². The zero-order valence-corrected chi connectivity index (χ0v) is 56.1. The van der Waals surface area contributed by atoms with Gasteiger partial charge in [-0.1, -0.05) is 175 Å². The van der Waals surface area contributed by atoms with Crippen LogP contribution in [0.1, 0.15) is 203 Å². The maximum absolute atomic E-state index is 11.8. The van der Waals surface area contributed by atoms with Crippen LogP contribution in [0.25, 0.3) is 21.8 Å². The van der Waals surface area contributed by atoms with Crippen LogP contribution in [0.5, 0.6) is 0 Å². The number of para-hydroxylation sites is 2. The Hall–Kier alpha value is -5.92. The van der Waals surface area contributed by atoms with Gasteiger partial charge in [-0.3, -0.25) is 14.6 Å². The Morgan fingerprint density at radius 1 is 0.600 bits per heavy atom. The van der Waals surface area contributed by atoms with Crippen LogP contribution in [0.4, 0.5) is 5.82 Å². The average molecular weight is 1170 g/mol. The summed E-state index contributed by atoms with van der Waals surface area (Å²) in [5, 5.41) is 2.32. The first-order chi connectivity index (χ1) is 38.4. The van der Waals surface area contributed by atoms with Gasteiger partial charge in [0.25, 0.3) is 5.91 Å². The van der Waals surface area contributed by atoms with Crippen LogP contribution in [-0.2, 0) is 26.5 Å². The number of aromatic nitrogens is 6. The Morgan fingerprint density at radius 3 is 1.58 bits per heavy atom. The van der Waals surface area contributed by atoms with Crippen LogP contribution in [0, 0.1) is 24.2 Å². The number of anilines is 1. The molecule has 0 N–H and O–H groups in total. The molecule has 2 aromatic carbocycles. The summed E-state index contributed by atoms with van der Waals surface area (Å²) in [5.41, 5.74) is 7.70. The molecule has 0 radical (unpaired) electrons. The minimum absolute atomic E-state index is 0. The summed E-state index contributed by atoms with van der Waals surface area (Å²) < 4.78 is 0. The number of hydrogen-bond donors (Lipinski definition) is 0. The van der Waals surface area contributed by atoms with E-state index in [4.69, 9.17) is 0 Å². The first kappa shape index (κ1) is 75.2. The molecule has 3 fully saturated rings. The van der Waals surface area contributed by atoms with Crippen LogP contribution in [0.2, 0.25) is 0 Å². The summed E-state index contributed by atoms with van der Waals surface area (Å²) in [6, 6.07) is 26.2. The van der Waals surface area contributed by atoms with Gasteiger partial charge in [-0.25, -0.2) is 24.9 Å². The molecule has 2 bridgehead atoms. The highest BCUT2D eigenvalue weighted by molar-refractivity contribution is 5.92. The third kappa shape index (κ3) is 23.7. The summed E-state index contributed by atoms with van der Waals surface area (Å²) in [4.78, 5) is 60.0. The molecular formula is C72H117N11O2. The standard InChI is InChI=1S/C13H16N2.C12H18N2O.C12H14N2.C11H22N2O.C11H18N2.C11H21N.2CH4/c1-9-14-11-8-6-5-7-10(11)12(15-9)13(2,3)4;1-12(2,3)9-6-7-13-10(8-9)11(15)14(4)5;1-12(2,3)11-9-6-4-5-7-10(9)13-8-14-11;1-11(2,3)9-10(14)13-7-5-12(4)6-8-13;1-11(2,3)9-6-7-10(12-8-9)13(4)5;1-8(2)9-6-10-4-5-11(7-9)12(10)3;;/h5-8H,1-4H3;6-8H,1-5H3;4-8H,1-3H3;5-9H2,1-4H3;6-8H,1-5H3;8-11H,4-7H2,1-3H3;2*1H4. The van der Waals surface area contributed by atoms with Gasteiger partial charge >= 0.3 is 0 Å². The summed E-state index contributed by atoms with van der Waals surface area (Å²) in [6.45, 7) is 42.8. The molecule has 6 aromatic rings. The van der Waals surface area contributed by atoms with Gasteiger partial charge in [0.1, 0.15) is 23.7 Å². The van der Waals surface area contributed by atoms with Gasteiger partial charge in [-0.2, -0.15) is 0 Å². The monoisotopic (exact) mass is 1170 g/mol. The van der Waals surface area contributed by atoms with Gasteiger partial charge < -0.3 is 24.5 Å². The van der Waals surface area contributed by atoms with Gasteiger partial charge in [0.15, 0.2) is 0 Å². The third-order valence-corrected chi connectivity index (χ3v) is 15.6. The van der Waals surface area contributed by atoms with Crippen LogP contribution in [-0.4, -0.2) is 142 Å². The predicted molar refractivity (Wildman–Crippen MR) is 363 cm³/mol. The molecule has 472 valence electrons. The van der Waals surface area contributed by atoms with E-state index >= 15 is 0 Å². The smallest absolute Gasteiger partial charge is 0.271 e. The number of nitrogens with zero attached hydrogens (tertiary/aromatic N) is 11. The van der Waals surface area contributed by atoms with Crippen molar-refractivity contribution in [3.63, 3.8) is 0 Å². The maximum atomic E-state index is 11.8. The number of carbonyl (C=O) groups is 2. The molecule has 2 unspecified atom stereocenters. The molecule has 7 heterocycles. The molecule has 0 saturated carbocycles. The number of amides is 2. The van der Waals surface area contributed by atoms with Gasteiger partial charge in [0.05, 0.1) is 22.4 Å². The highest BCUT2D eigenvalue weighted by atomic mass is 16.2. The fourth-order valence-corrected chi connectivity index (χ4v) is 10.3. The van der Waals surface area contributed by atoms with Crippen molar-refractivity contribution in [3.8, 4) is 0 Å². The number of hydrogen-bond acceptors (Lipinski definition) is 11.